The molecule has 1 aliphatic rings. The van der Waals surface area contributed by atoms with Crippen LogP contribution >= 0.6 is 11.3 Å². The number of thiophene rings is 1. The first-order valence-corrected chi connectivity index (χ1v) is 8.78. The number of amides is 2. The maximum atomic E-state index is 11.9. The molecule has 0 saturated heterocycles. The van der Waals surface area contributed by atoms with Crippen LogP contribution in [0.5, 0.6) is 0 Å². The van der Waals surface area contributed by atoms with Crippen LogP contribution in [-0.4, -0.2) is 31.5 Å². The van der Waals surface area contributed by atoms with Crippen LogP contribution in [0.25, 0.3) is 0 Å². The van der Waals surface area contributed by atoms with E-state index in [9.17, 15) is 9.59 Å². The van der Waals surface area contributed by atoms with Gasteiger partial charge in [0.1, 0.15) is 6.10 Å². The Kier molecular flexibility index (Phi) is 6.86. The van der Waals surface area contributed by atoms with Crippen molar-refractivity contribution in [2.24, 2.45) is 0 Å². The van der Waals surface area contributed by atoms with Gasteiger partial charge in [-0.1, -0.05) is 25.7 Å². The van der Waals surface area contributed by atoms with Crippen molar-refractivity contribution in [3.8, 4) is 0 Å². The standard InChI is InChI=1S/C16H24N2O3S/c1-21-14(12-8-9-22-11-12)10-17-15(19)16(20)18-13-6-4-2-3-5-7-13/h8-9,11,13-14H,2-7,10H2,1H3,(H,17,19)(H,18,20). The first-order chi connectivity index (χ1) is 10.7. The predicted octanol–water partition coefficient (Wildman–Crippen LogP) is 2.39. The lowest BCUT2D eigenvalue weighted by Gasteiger charge is -2.17. The largest absolute Gasteiger partial charge is 0.375 e. The predicted molar refractivity (Wildman–Crippen MR) is 86.7 cm³/mol. The molecule has 1 aromatic heterocycles. The Bertz CT molecular complexity index is 468. The highest BCUT2D eigenvalue weighted by atomic mass is 32.1. The van der Waals surface area contributed by atoms with E-state index in [2.05, 4.69) is 10.6 Å². The van der Waals surface area contributed by atoms with E-state index < -0.39 is 11.8 Å². The zero-order valence-corrected chi connectivity index (χ0v) is 13.8. The second-order valence-corrected chi connectivity index (χ2v) is 6.43. The van der Waals surface area contributed by atoms with E-state index in [4.69, 9.17) is 4.74 Å². The molecule has 5 nitrogen and oxygen atoms in total. The lowest BCUT2D eigenvalue weighted by molar-refractivity contribution is -0.140. The Morgan fingerprint density at radius 3 is 2.59 bits per heavy atom. The Morgan fingerprint density at radius 2 is 2.00 bits per heavy atom. The summed E-state index contributed by atoms with van der Waals surface area (Å²) in [6.07, 6.45) is 6.39. The van der Waals surface area contributed by atoms with Crippen molar-refractivity contribution in [3.63, 3.8) is 0 Å². The van der Waals surface area contributed by atoms with Gasteiger partial charge in [-0.15, -0.1) is 0 Å². The topological polar surface area (TPSA) is 67.4 Å². The van der Waals surface area contributed by atoms with Crippen molar-refractivity contribution in [3.05, 3.63) is 22.4 Å². The molecule has 1 aromatic rings. The van der Waals surface area contributed by atoms with E-state index in [-0.39, 0.29) is 12.1 Å². The summed E-state index contributed by atoms with van der Waals surface area (Å²) in [7, 11) is 1.60. The zero-order valence-electron chi connectivity index (χ0n) is 13.0. The Balaban J connectivity index is 1.77. The number of hydrogen-bond donors (Lipinski definition) is 2. The smallest absolute Gasteiger partial charge is 0.309 e. The van der Waals surface area contributed by atoms with Gasteiger partial charge >= 0.3 is 11.8 Å². The van der Waals surface area contributed by atoms with Crippen LogP contribution in [0, 0.1) is 0 Å². The Labute approximate surface area is 135 Å². The molecule has 1 heterocycles. The Morgan fingerprint density at radius 1 is 1.27 bits per heavy atom. The van der Waals surface area contributed by atoms with Crippen LogP contribution in [0.1, 0.15) is 50.2 Å². The second-order valence-electron chi connectivity index (χ2n) is 5.65. The third-order valence-corrected chi connectivity index (χ3v) is 4.75. The molecule has 2 N–H and O–H groups in total. The fraction of sp³-hybridized carbons (Fsp3) is 0.625. The molecule has 0 bridgehead atoms. The van der Waals surface area contributed by atoms with E-state index >= 15 is 0 Å². The minimum Gasteiger partial charge on any atom is -0.375 e. The summed E-state index contributed by atoms with van der Waals surface area (Å²) in [5.41, 5.74) is 1.01. The maximum Gasteiger partial charge on any atom is 0.309 e. The maximum absolute atomic E-state index is 11.9. The van der Waals surface area contributed by atoms with Gasteiger partial charge in [0.2, 0.25) is 0 Å². The summed E-state index contributed by atoms with van der Waals surface area (Å²) in [6.45, 7) is 0.296. The highest BCUT2D eigenvalue weighted by molar-refractivity contribution is 7.07. The molecule has 1 atom stereocenters. The van der Waals surface area contributed by atoms with Crippen LogP contribution in [0.2, 0.25) is 0 Å². The molecule has 1 saturated carbocycles. The van der Waals surface area contributed by atoms with Crippen molar-refractivity contribution in [2.45, 2.75) is 50.7 Å². The minimum absolute atomic E-state index is 0.135. The summed E-state index contributed by atoms with van der Waals surface area (Å²) in [4.78, 5) is 23.9. The van der Waals surface area contributed by atoms with Gasteiger partial charge in [-0.25, -0.2) is 0 Å². The van der Waals surface area contributed by atoms with Crippen molar-refractivity contribution >= 4 is 23.2 Å². The molecule has 2 rings (SSSR count). The third-order valence-electron chi connectivity index (χ3n) is 4.04. The van der Waals surface area contributed by atoms with Gasteiger partial charge < -0.3 is 15.4 Å². The molecular weight excluding hydrogens is 300 g/mol. The van der Waals surface area contributed by atoms with Crippen LogP contribution in [0.4, 0.5) is 0 Å². The monoisotopic (exact) mass is 324 g/mol. The number of hydrogen-bond acceptors (Lipinski definition) is 4. The normalized spacial score (nSPS) is 17.5. The highest BCUT2D eigenvalue weighted by Gasteiger charge is 2.21. The molecule has 1 aliphatic carbocycles. The van der Waals surface area contributed by atoms with Crippen molar-refractivity contribution in [2.75, 3.05) is 13.7 Å². The number of methoxy groups -OCH3 is 1. The second kappa shape index (κ2) is 8.90. The zero-order chi connectivity index (χ0) is 15.8. The molecular formula is C16H24N2O3S. The number of rotatable bonds is 5. The number of ether oxygens (including phenoxy) is 1. The Hall–Kier alpha value is -1.40. The van der Waals surface area contributed by atoms with Crippen LogP contribution in [-0.2, 0) is 14.3 Å². The first-order valence-electron chi connectivity index (χ1n) is 7.84. The summed E-state index contributed by atoms with van der Waals surface area (Å²) in [5.74, 6) is -1.12. The van der Waals surface area contributed by atoms with E-state index in [1.165, 1.54) is 12.8 Å². The fourth-order valence-corrected chi connectivity index (χ4v) is 3.44. The highest BCUT2D eigenvalue weighted by Crippen LogP contribution is 2.19. The molecule has 1 unspecified atom stereocenters. The molecule has 22 heavy (non-hydrogen) atoms. The van der Waals surface area contributed by atoms with E-state index in [1.807, 2.05) is 16.8 Å². The molecule has 0 spiro atoms. The molecule has 122 valence electrons. The van der Waals surface area contributed by atoms with Gasteiger partial charge in [0, 0.05) is 19.7 Å². The average Bonchev–Trinajstić information content (AvgIpc) is 2.93. The SMILES string of the molecule is COC(CNC(=O)C(=O)NC1CCCCCC1)c1ccsc1. The number of carbonyl (C=O) groups is 2. The summed E-state index contributed by atoms with van der Waals surface area (Å²) >= 11 is 1.58. The molecule has 0 aliphatic heterocycles. The van der Waals surface area contributed by atoms with Crippen LogP contribution in [0.3, 0.4) is 0 Å². The van der Waals surface area contributed by atoms with Gasteiger partial charge in [-0.05, 0) is 35.2 Å². The van der Waals surface area contributed by atoms with Gasteiger partial charge in [-0.3, -0.25) is 9.59 Å². The van der Waals surface area contributed by atoms with Crippen molar-refractivity contribution in [1.29, 1.82) is 0 Å². The van der Waals surface area contributed by atoms with Crippen molar-refractivity contribution < 1.29 is 14.3 Å². The van der Waals surface area contributed by atoms with Crippen LogP contribution < -0.4 is 10.6 Å². The summed E-state index contributed by atoms with van der Waals surface area (Å²) < 4.78 is 5.35. The number of nitrogens with one attached hydrogen (secondary N) is 2. The first kappa shape index (κ1) is 17.0. The molecule has 0 radical (unpaired) electrons. The van der Waals surface area contributed by atoms with Gasteiger partial charge in [0.05, 0.1) is 0 Å². The molecule has 6 heteroatoms. The quantitative estimate of drug-likeness (QED) is 0.645. The van der Waals surface area contributed by atoms with E-state index in [0.717, 1.165) is 31.2 Å². The van der Waals surface area contributed by atoms with Crippen molar-refractivity contribution in [1.82, 2.24) is 10.6 Å². The summed E-state index contributed by atoms with van der Waals surface area (Å²) in [6, 6.07) is 2.09. The van der Waals surface area contributed by atoms with Gasteiger partial charge in [0.25, 0.3) is 0 Å². The van der Waals surface area contributed by atoms with E-state index in [1.54, 1.807) is 18.4 Å². The molecule has 2 amide bonds. The average molecular weight is 324 g/mol. The molecule has 1 fully saturated rings. The lowest BCUT2D eigenvalue weighted by Crippen LogP contribution is -2.45. The summed E-state index contributed by atoms with van der Waals surface area (Å²) in [5, 5.41) is 9.44. The minimum atomic E-state index is -0.582. The van der Waals surface area contributed by atoms with Gasteiger partial charge in [-0.2, -0.15) is 11.3 Å². The third kappa shape index (κ3) is 5.10. The van der Waals surface area contributed by atoms with Gasteiger partial charge in [0.15, 0.2) is 0 Å². The lowest BCUT2D eigenvalue weighted by atomic mass is 10.1. The molecule has 0 aromatic carbocycles. The van der Waals surface area contributed by atoms with E-state index in [0.29, 0.717) is 6.54 Å². The fourth-order valence-electron chi connectivity index (χ4n) is 2.74. The van der Waals surface area contributed by atoms with Crippen LogP contribution in [0.15, 0.2) is 16.8 Å². The number of carbonyl (C=O) groups excluding carboxylic acids is 2.